The molecule has 0 bridgehead atoms. The minimum absolute atomic E-state index is 0.0996. The zero-order chi connectivity index (χ0) is 16.9. The van der Waals surface area contributed by atoms with Crippen LogP contribution in [0.5, 0.6) is 0 Å². The Kier molecular flexibility index (Phi) is 5.20. The van der Waals surface area contributed by atoms with Gasteiger partial charge in [-0.2, -0.15) is 5.10 Å². The summed E-state index contributed by atoms with van der Waals surface area (Å²) in [5, 5.41) is 10.0. The maximum absolute atomic E-state index is 12.3. The summed E-state index contributed by atoms with van der Waals surface area (Å²) in [6, 6.07) is 4.26. The molecule has 0 unspecified atom stereocenters. The quantitative estimate of drug-likeness (QED) is 0.870. The van der Waals surface area contributed by atoms with Crippen LogP contribution in [-0.4, -0.2) is 50.1 Å². The van der Waals surface area contributed by atoms with E-state index >= 15 is 0 Å². The number of aromatic nitrogens is 4. The standard InChI is InChI=1S/C17H24N6O/c1-12(2)23-9-5-14(6-10-23)17(24)19-11-15-20-16(22-21-15)13-3-7-18-8-4-13/h3-4,7-8,12,14H,5-6,9-11H2,1-2H3,(H,19,24)(H,20,21,22). The molecule has 1 aliphatic heterocycles. The van der Waals surface area contributed by atoms with E-state index in [-0.39, 0.29) is 11.8 Å². The maximum Gasteiger partial charge on any atom is 0.223 e. The van der Waals surface area contributed by atoms with Gasteiger partial charge < -0.3 is 10.2 Å². The summed E-state index contributed by atoms with van der Waals surface area (Å²) >= 11 is 0. The number of carbonyl (C=O) groups excluding carboxylic acids is 1. The van der Waals surface area contributed by atoms with Gasteiger partial charge in [-0.3, -0.25) is 14.9 Å². The number of likely N-dealkylation sites (tertiary alicyclic amines) is 1. The number of carbonyl (C=O) groups is 1. The van der Waals surface area contributed by atoms with Crippen LogP contribution in [0.4, 0.5) is 0 Å². The fourth-order valence-electron chi connectivity index (χ4n) is 3.00. The Morgan fingerprint density at radius 3 is 2.71 bits per heavy atom. The normalized spacial score (nSPS) is 16.5. The average Bonchev–Trinajstić information content (AvgIpc) is 3.09. The van der Waals surface area contributed by atoms with E-state index in [1.54, 1.807) is 12.4 Å². The Labute approximate surface area is 141 Å². The number of hydrogen-bond donors (Lipinski definition) is 2. The van der Waals surface area contributed by atoms with Crippen LogP contribution in [-0.2, 0) is 11.3 Å². The number of piperidine rings is 1. The summed E-state index contributed by atoms with van der Waals surface area (Å²) in [6.45, 7) is 6.76. The Morgan fingerprint density at radius 2 is 2.04 bits per heavy atom. The lowest BCUT2D eigenvalue weighted by atomic mass is 9.95. The Hall–Kier alpha value is -2.28. The highest BCUT2D eigenvalue weighted by molar-refractivity contribution is 5.78. The molecule has 2 N–H and O–H groups in total. The van der Waals surface area contributed by atoms with Crippen molar-refractivity contribution in [2.24, 2.45) is 5.92 Å². The van der Waals surface area contributed by atoms with Gasteiger partial charge in [-0.05, 0) is 51.9 Å². The van der Waals surface area contributed by atoms with Crippen LogP contribution in [0.25, 0.3) is 11.4 Å². The largest absolute Gasteiger partial charge is 0.349 e. The van der Waals surface area contributed by atoms with Crippen molar-refractivity contribution in [2.45, 2.75) is 39.3 Å². The van der Waals surface area contributed by atoms with Crippen LogP contribution in [0.1, 0.15) is 32.5 Å². The first kappa shape index (κ1) is 16.6. The van der Waals surface area contributed by atoms with Gasteiger partial charge in [0, 0.05) is 29.9 Å². The molecule has 7 heteroatoms. The first-order chi connectivity index (χ1) is 11.6. The van der Waals surface area contributed by atoms with E-state index in [9.17, 15) is 4.79 Å². The Bertz CT molecular complexity index is 661. The predicted molar refractivity (Wildman–Crippen MR) is 90.9 cm³/mol. The van der Waals surface area contributed by atoms with Crippen molar-refractivity contribution >= 4 is 5.91 Å². The number of aromatic amines is 1. The zero-order valence-corrected chi connectivity index (χ0v) is 14.2. The van der Waals surface area contributed by atoms with Gasteiger partial charge in [-0.1, -0.05) is 0 Å². The van der Waals surface area contributed by atoms with E-state index in [4.69, 9.17) is 0 Å². The molecule has 0 aromatic carbocycles. The zero-order valence-electron chi connectivity index (χ0n) is 14.2. The van der Waals surface area contributed by atoms with Gasteiger partial charge in [-0.25, -0.2) is 4.98 Å². The molecule has 7 nitrogen and oxygen atoms in total. The first-order valence-corrected chi connectivity index (χ1v) is 8.47. The number of amides is 1. The second kappa shape index (κ2) is 7.53. The molecule has 1 aliphatic rings. The Balaban J connectivity index is 1.50. The predicted octanol–water partition coefficient (Wildman–Crippen LogP) is 1.60. The second-order valence-corrected chi connectivity index (χ2v) is 6.46. The van der Waals surface area contributed by atoms with Crippen LogP contribution in [0.15, 0.2) is 24.5 Å². The number of hydrogen-bond acceptors (Lipinski definition) is 5. The van der Waals surface area contributed by atoms with Crippen LogP contribution in [0.3, 0.4) is 0 Å². The number of pyridine rings is 1. The van der Waals surface area contributed by atoms with Crippen LogP contribution < -0.4 is 5.32 Å². The summed E-state index contributed by atoms with van der Waals surface area (Å²) in [5.41, 5.74) is 0.903. The number of rotatable bonds is 5. The summed E-state index contributed by atoms with van der Waals surface area (Å²) in [7, 11) is 0. The summed E-state index contributed by atoms with van der Waals surface area (Å²) in [6.07, 6.45) is 5.25. The number of H-pyrrole nitrogens is 1. The van der Waals surface area contributed by atoms with Crippen molar-refractivity contribution in [2.75, 3.05) is 13.1 Å². The van der Waals surface area contributed by atoms with Crippen molar-refractivity contribution in [3.63, 3.8) is 0 Å². The van der Waals surface area contributed by atoms with E-state index in [1.807, 2.05) is 12.1 Å². The van der Waals surface area contributed by atoms with Gasteiger partial charge in [0.2, 0.25) is 5.91 Å². The van der Waals surface area contributed by atoms with E-state index in [0.29, 0.717) is 24.2 Å². The molecule has 0 saturated carbocycles. The monoisotopic (exact) mass is 328 g/mol. The van der Waals surface area contributed by atoms with Crippen LogP contribution in [0, 0.1) is 5.92 Å². The molecule has 128 valence electrons. The minimum atomic E-state index is 0.0996. The molecule has 1 amide bonds. The minimum Gasteiger partial charge on any atom is -0.349 e. The molecule has 2 aromatic heterocycles. The van der Waals surface area contributed by atoms with Gasteiger partial charge in [0.15, 0.2) is 5.82 Å². The van der Waals surface area contributed by atoms with Gasteiger partial charge in [0.05, 0.1) is 6.54 Å². The third-order valence-corrected chi connectivity index (χ3v) is 4.53. The lowest BCUT2D eigenvalue weighted by Gasteiger charge is -2.33. The number of nitrogens with zero attached hydrogens (tertiary/aromatic N) is 4. The topological polar surface area (TPSA) is 86.8 Å². The van der Waals surface area contributed by atoms with Gasteiger partial charge in [0.1, 0.15) is 5.82 Å². The molecule has 0 aliphatic carbocycles. The fourth-order valence-corrected chi connectivity index (χ4v) is 3.00. The van der Waals surface area contributed by atoms with E-state index in [2.05, 4.69) is 44.2 Å². The fraction of sp³-hybridized carbons (Fsp3) is 0.529. The molecule has 2 aromatic rings. The van der Waals surface area contributed by atoms with Crippen molar-refractivity contribution in [3.8, 4) is 11.4 Å². The lowest BCUT2D eigenvalue weighted by molar-refractivity contribution is -0.126. The SMILES string of the molecule is CC(C)N1CCC(C(=O)NCc2nc(-c3ccncc3)n[nH]2)CC1. The van der Waals surface area contributed by atoms with Crippen molar-refractivity contribution in [3.05, 3.63) is 30.4 Å². The molecule has 3 rings (SSSR count). The molecule has 3 heterocycles. The van der Waals surface area contributed by atoms with Crippen LogP contribution in [0.2, 0.25) is 0 Å². The molecule has 1 saturated heterocycles. The summed E-state index contributed by atoms with van der Waals surface area (Å²) in [4.78, 5) is 23.1. The molecular formula is C17H24N6O. The molecule has 0 spiro atoms. The highest BCUT2D eigenvalue weighted by Gasteiger charge is 2.25. The van der Waals surface area contributed by atoms with E-state index in [1.165, 1.54) is 0 Å². The average molecular weight is 328 g/mol. The van der Waals surface area contributed by atoms with Crippen molar-refractivity contribution in [1.29, 1.82) is 0 Å². The molecular weight excluding hydrogens is 304 g/mol. The van der Waals surface area contributed by atoms with Gasteiger partial charge in [0.25, 0.3) is 0 Å². The molecule has 0 radical (unpaired) electrons. The highest BCUT2D eigenvalue weighted by Crippen LogP contribution is 2.19. The summed E-state index contributed by atoms with van der Waals surface area (Å²) in [5.74, 6) is 1.49. The van der Waals surface area contributed by atoms with Crippen LogP contribution >= 0.6 is 0 Å². The molecule has 24 heavy (non-hydrogen) atoms. The van der Waals surface area contributed by atoms with Crippen molar-refractivity contribution in [1.82, 2.24) is 30.4 Å². The van der Waals surface area contributed by atoms with E-state index < -0.39 is 0 Å². The molecule has 1 fully saturated rings. The summed E-state index contributed by atoms with van der Waals surface area (Å²) < 4.78 is 0. The maximum atomic E-state index is 12.3. The molecule has 0 atom stereocenters. The second-order valence-electron chi connectivity index (χ2n) is 6.46. The highest BCUT2D eigenvalue weighted by atomic mass is 16.1. The Morgan fingerprint density at radius 1 is 1.33 bits per heavy atom. The van der Waals surface area contributed by atoms with Gasteiger partial charge >= 0.3 is 0 Å². The third kappa shape index (κ3) is 3.97. The van der Waals surface area contributed by atoms with Gasteiger partial charge in [-0.15, -0.1) is 0 Å². The van der Waals surface area contributed by atoms with Crippen molar-refractivity contribution < 1.29 is 4.79 Å². The smallest absolute Gasteiger partial charge is 0.223 e. The number of nitrogens with one attached hydrogen (secondary N) is 2. The lowest BCUT2D eigenvalue weighted by Crippen LogP contribution is -2.43. The first-order valence-electron chi connectivity index (χ1n) is 8.47. The third-order valence-electron chi connectivity index (χ3n) is 4.53. The van der Waals surface area contributed by atoms with E-state index in [0.717, 1.165) is 31.5 Å².